The highest BCUT2D eigenvalue weighted by Crippen LogP contribution is 2.45. The van der Waals surface area contributed by atoms with E-state index < -0.39 is 17.7 Å². The molecule has 1 fully saturated rings. The zero-order valence-electron chi connectivity index (χ0n) is 19.8. The van der Waals surface area contributed by atoms with Crippen molar-refractivity contribution < 1.29 is 28.9 Å². The zero-order valence-corrected chi connectivity index (χ0v) is 20.6. The number of benzene rings is 3. The number of anilines is 2. The van der Waals surface area contributed by atoms with Gasteiger partial charge in [-0.05, 0) is 48.0 Å². The van der Waals surface area contributed by atoms with Crippen LogP contribution in [0.5, 0.6) is 17.2 Å². The topological polar surface area (TPSA) is 88.5 Å². The van der Waals surface area contributed by atoms with Gasteiger partial charge in [0.05, 0.1) is 23.7 Å². The van der Waals surface area contributed by atoms with Gasteiger partial charge in [0, 0.05) is 37.1 Å². The number of amides is 1. The summed E-state index contributed by atoms with van der Waals surface area (Å²) in [6.07, 6.45) is 0. The predicted molar refractivity (Wildman–Crippen MR) is 136 cm³/mol. The van der Waals surface area contributed by atoms with Crippen LogP contribution < -0.4 is 24.0 Å². The van der Waals surface area contributed by atoms with Crippen molar-refractivity contribution in [3.63, 3.8) is 0 Å². The molecule has 1 N–H and O–H groups in total. The van der Waals surface area contributed by atoms with Gasteiger partial charge in [0.15, 0.2) is 11.5 Å². The van der Waals surface area contributed by atoms with Gasteiger partial charge in [-0.1, -0.05) is 23.7 Å². The average molecular weight is 507 g/mol. The lowest BCUT2D eigenvalue weighted by molar-refractivity contribution is -0.132. The van der Waals surface area contributed by atoms with Crippen molar-refractivity contribution in [2.45, 2.75) is 6.04 Å². The van der Waals surface area contributed by atoms with E-state index in [2.05, 4.69) is 0 Å². The molecular formula is C27H23ClN2O6. The average Bonchev–Trinajstić information content (AvgIpc) is 3.45. The van der Waals surface area contributed by atoms with Crippen LogP contribution in [0.25, 0.3) is 5.76 Å². The SMILES string of the molecule is COc1ccc(/C(O)=C2\C(=O)C(=O)N(c3ccc4c(c3)OCO4)C2c2ccc(N(C)C)cc2)cc1Cl. The van der Waals surface area contributed by atoms with Gasteiger partial charge < -0.3 is 24.2 Å². The fourth-order valence-electron chi connectivity index (χ4n) is 4.37. The normalized spacial score (nSPS) is 18.0. The number of nitrogens with zero attached hydrogens (tertiary/aromatic N) is 2. The first-order chi connectivity index (χ1) is 17.3. The van der Waals surface area contributed by atoms with E-state index in [1.807, 2.05) is 43.3 Å². The van der Waals surface area contributed by atoms with E-state index in [1.54, 1.807) is 30.3 Å². The molecule has 2 aliphatic heterocycles. The second kappa shape index (κ2) is 9.13. The number of ether oxygens (including phenoxy) is 3. The lowest BCUT2D eigenvalue weighted by Crippen LogP contribution is -2.29. The number of methoxy groups -OCH3 is 1. The van der Waals surface area contributed by atoms with Crippen molar-refractivity contribution in [3.8, 4) is 17.2 Å². The molecule has 0 spiro atoms. The Bertz CT molecular complexity index is 1400. The van der Waals surface area contributed by atoms with E-state index in [9.17, 15) is 14.7 Å². The summed E-state index contributed by atoms with van der Waals surface area (Å²) in [6, 6.07) is 16.2. The first kappa shape index (κ1) is 23.6. The van der Waals surface area contributed by atoms with E-state index >= 15 is 0 Å². The number of fused-ring (bicyclic) bond motifs is 1. The van der Waals surface area contributed by atoms with Crippen LogP contribution in [0.3, 0.4) is 0 Å². The van der Waals surface area contributed by atoms with Gasteiger partial charge >= 0.3 is 0 Å². The third-order valence-corrected chi connectivity index (χ3v) is 6.52. The molecule has 1 atom stereocenters. The maximum absolute atomic E-state index is 13.4. The monoisotopic (exact) mass is 506 g/mol. The molecule has 3 aromatic rings. The molecule has 1 unspecified atom stereocenters. The number of aliphatic hydroxyl groups is 1. The Morgan fingerprint density at radius 3 is 2.42 bits per heavy atom. The fourth-order valence-corrected chi connectivity index (χ4v) is 4.63. The van der Waals surface area contributed by atoms with Crippen LogP contribution in [0.15, 0.2) is 66.2 Å². The largest absolute Gasteiger partial charge is 0.507 e. The fraction of sp³-hybridized carbons (Fsp3) is 0.185. The van der Waals surface area contributed by atoms with Crippen molar-refractivity contribution in [2.24, 2.45) is 0 Å². The molecule has 36 heavy (non-hydrogen) atoms. The van der Waals surface area contributed by atoms with E-state index in [0.29, 0.717) is 34.1 Å². The van der Waals surface area contributed by atoms with Crippen molar-refractivity contribution >= 4 is 40.4 Å². The van der Waals surface area contributed by atoms with Gasteiger partial charge in [-0.25, -0.2) is 0 Å². The Kier molecular flexibility index (Phi) is 5.97. The summed E-state index contributed by atoms with van der Waals surface area (Å²) in [7, 11) is 5.32. The molecule has 3 aromatic carbocycles. The number of aliphatic hydroxyl groups excluding tert-OH is 1. The minimum Gasteiger partial charge on any atom is -0.507 e. The number of hydrogen-bond donors (Lipinski definition) is 1. The first-order valence-electron chi connectivity index (χ1n) is 11.1. The quantitative estimate of drug-likeness (QED) is 0.303. The van der Waals surface area contributed by atoms with Gasteiger partial charge in [-0.2, -0.15) is 0 Å². The summed E-state index contributed by atoms with van der Waals surface area (Å²) < 4.78 is 16.1. The van der Waals surface area contributed by atoms with Crippen molar-refractivity contribution in [2.75, 3.05) is 37.8 Å². The van der Waals surface area contributed by atoms with Crippen LogP contribution in [0.4, 0.5) is 11.4 Å². The Hall–Kier alpha value is -4.17. The van der Waals surface area contributed by atoms with Gasteiger partial charge in [-0.15, -0.1) is 0 Å². The Labute approximate surface area is 212 Å². The van der Waals surface area contributed by atoms with E-state index in [1.165, 1.54) is 18.1 Å². The number of carbonyl (C=O) groups is 2. The molecule has 0 aliphatic carbocycles. The minimum absolute atomic E-state index is 0.0449. The lowest BCUT2D eigenvalue weighted by atomic mass is 9.95. The molecule has 1 saturated heterocycles. The molecule has 0 aromatic heterocycles. The number of ketones is 1. The molecule has 9 heteroatoms. The van der Waals surface area contributed by atoms with Crippen LogP contribution in [0.1, 0.15) is 17.2 Å². The van der Waals surface area contributed by atoms with E-state index in [4.69, 9.17) is 25.8 Å². The summed E-state index contributed by atoms with van der Waals surface area (Å²) in [4.78, 5) is 30.1. The van der Waals surface area contributed by atoms with Crippen LogP contribution in [-0.2, 0) is 9.59 Å². The second-order valence-corrected chi connectivity index (χ2v) is 8.95. The van der Waals surface area contributed by atoms with Crippen molar-refractivity contribution in [1.29, 1.82) is 0 Å². The molecule has 5 rings (SSSR count). The molecule has 8 nitrogen and oxygen atoms in total. The smallest absolute Gasteiger partial charge is 0.300 e. The second-order valence-electron chi connectivity index (χ2n) is 8.54. The molecule has 184 valence electrons. The molecule has 0 radical (unpaired) electrons. The van der Waals surface area contributed by atoms with Crippen LogP contribution in [0, 0.1) is 0 Å². The van der Waals surface area contributed by atoms with Crippen LogP contribution in [0.2, 0.25) is 5.02 Å². The molecule has 2 heterocycles. The Morgan fingerprint density at radius 2 is 1.75 bits per heavy atom. The van der Waals surface area contributed by atoms with Crippen molar-refractivity contribution in [1.82, 2.24) is 0 Å². The summed E-state index contributed by atoms with van der Waals surface area (Å²) >= 11 is 6.27. The lowest BCUT2D eigenvalue weighted by Gasteiger charge is -2.26. The zero-order chi connectivity index (χ0) is 25.6. The van der Waals surface area contributed by atoms with Gasteiger partial charge in [0.2, 0.25) is 6.79 Å². The summed E-state index contributed by atoms with van der Waals surface area (Å²) in [5, 5.41) is 11.6. The van der Waals surface area contributed by atoms with Gasteiger partial charge in [-0.3, -0.25) is 14.5 Å². The van der Waals surface area contributed by atoms with Crippen LogP contribution in [-0.4, -0.2) is 44.8 Å². The molecule has 0 saturated carbocycles. The number of halogens is 1. The van der Waals surface area contributed by atoms with Crippen molar-refractivity contribution in [3.05, 3.63) is 82.4 Å². The Balaban J connectivity index is 1.69. The highest BCUT2D eigenvalue weighted by Gasteiger charge is 2.47. The maximum Gasteiger partial charge on any atom is 0.300 e. The number of Topliss-reactive ketones (excluding diaryl/α,β-unsaturated/α-hetero) is 1. The van der Waals surface area contributed by atoms with Crippen LogP contribution >= 0.6 is 11.6 Å². The van der Waals surface area contributed by atoms with E-state index in [0.717, 1.165) is 5.69 Å². The van der Waals surface area contributed by atoms with Gasteiger partial charge in [0.25, 0.3) is 11.7 Å². The van der Waals surface area contributed by atoms with E-state index in [-0.39, 0.29) is 23.1 Å². The molecule has 0 bridgehead atoms. The summed E-state index contributed by atoms with van der Waals surface area (Å²) in [5.74, 6) is -0.462. The first-order valence-corrected chi connectivity index (χ1v) is 11.5. The summed E-state index contributed by atoms with van der Waals surface area (Å²) in [5.41, 5.74) is 2.28. The maximum atomic E-state index is 13.4. The summed E-state index contributed by atoms with van der Waals surface area (Å²) in [6.45, 7) is 0.0747. The molecular weight excluding hydrogens is 484 g/mol. The Morgan fingerprint density at radius 1 is 1.03 bits per heavy atom. The highest BCUT2D eigenvalue weighted by atomic mass is 35.5. The third-order valence-electron chi connectivity index (χ3n) is 6.23. The molecule has 2 aliphatic rings. The molecule has 1 amide bonds. The standard InChI is InChI=1S/C27H23ClN2O6/c1-29(2)17-7-4-15(5-8-17)24-23(25(31)16-6-10-20(34-3)19(28)12-16)26(32)27(33)30(24)18-9-11-21-22(13-18)36-14-35-21/h4-13,24,31H,14H2,1-3H3/b25-23+. The highest BCUT2D eigenvalue weighted by molar-refractivity contribution is 6.51. The predicted octanol–water partition coefficient (Wildman–Crippen LogP) is 4.77. The third kappa shape index (κ3) is 3.89. The minimum atomic E-state index is -0.887. The van der Waals surface area contributed by atoms with Gasteiger partial charge in [0.1, 0.15) is 11.5 Å². The number of hydrogen-bond acceptors (Lipinski definition) is 7. The number of rotatable bonds is 5. The number of carbonyl (C=O) groups excluding carboxylic acids is 2.